The smallest absolute Gasteiger partial charge is 0.492 e. The first-order chi connectivity index (χ1) is 15.1. The quantitative estimate of drug-likeness (QED) is 0.616. The van der Waals surface area contributed by atoms with Crippen molar-refractivity contribution in [2.24, 2.45) is 0 Å². The van der Waals surface area contributed by atoms with Gasteiger partial charge in [-0.15, -0.1) is 13.2 Å². The number of amides is 1. The van der Waals surface area contributed by atoms with Crippen molar-refractivity contribution in [3.05, 3.63) is 52.5 Å². The van der Waals surface area contributed by atoms with Crippen molar-refractivity contribution in [2.45, 2.75) is 31.9 Å². The van der Waals surface area contributed by atoms with Crippen LogP contribution < -0.4 is 14.8 Å². The zero-order chi connectivity index (χ0) is 23.5. The number of alkyl halides is 3. The summed E-state index contributed by atoms with van der Waals surface area (Å²) in [7, 11) is 1.18. The highest BCUT2D eigenvalue weighted by molar-refractivity contribution is 6.30. The monoisotopic (exact) mass is 473 g/mol. The van der Waals surface area contributed by atoms with Gasteiger partial charge in [0, 0.05) is 21.8 Å². The van der Waals surface area contributed by atoms with Crippen LogP contribution in [0.5, 0.6) is 11.5 Å². The summed E-state index contributed by atoms with van der Waals surface area (Å²) in [5.41, 5.74) is 0.822. The maximum atomic E-state index is 12.9. The molecule has 2 aromatic carbocycles. The molecule has 32 heavy (non-hydrogen) atoms. The summed E-state index contributed by atoms with van der Waals surface area (Å²) in [5, 5.41) is 2.96. The van der Waals surface area contributed by atoms with Crippen LogP contribution >= 0.6 is 11.6 Å². The molecule has 2 atom stereocenters. The Kier molecular flexibility index (Phi) is 7.15. The van der Waals surface area contributed by atoms with Gasteiger partial charge in [0.05, 0.1) is 20.1 Å². The second-order valence-electron chi connectivity index (χ2n) is 6.66. The van der Waals surface area contributed by atoms with Crippen LogP contribution in [0.4, 0.5) is 18.9 Å². The zero-order valence-corrected chi connectivity index (χ0v) is 17.8. The molecule has 0 aromatic heterocycles. The maximum absolute atomic E-state index is 12.9. The van der Waals surface area contributed by atoms with Crippen molar-refractivity contribution < 1.29 is 41.7 Å². The number of esters is 1. The molecule has 0 bridgehead atoms. The van der Waals surface area contributed by atoms with E-state index in [2.05, 4.69) is 10.1 Å². The Morgan fingerprint density at radius 1 is 1.22 bits per heavy atom. The average molecular weight is 474 g/mol. The van der Waals surface area contributed by atoms with Crippen LogP contribution in [0.3, 0.4) is 0 Å². The Hall–Kier alpha value is -2.98. The molecular weight excluding hydrogens is 455 g/mol. The topological polar surface area (TPSA) is 83.1 Å². The summed E-state index contributed by atoms with van der Waals surface area (Å²) in [4.78, 5) is 24.7. The normalized spacial score (nSPS) is 18.2. The van der Waals surface area contributed by atoms with Gasteiger partial charge in [0.2, 0.25) is 0 Å². The third-order valence-electron chi connectivity index (χ3n) is 4.53. The van der Waals surface area contributed by atoms with Gasteiger partial charge in [-0.2, -0.15) is 0 Å². The Morgan fingerprint density at radius 2 is 1.97 bits per heavy atom. The minimum atomic E-state index is -4.96. The van der Waals surface area contributed by atoms with E-state index in [9.17, 15) is 22.8 Å². The van der Waals surface area contributed by atoms with Crippen molar-refractivity contribution in [1.29, 1.82) is 0 Å². The number of halogens is 4. The number of para-hydroxylation sites is 1. The minimum absolute atomic E-state index is 0.108. The number of hydrogen-bond acceptors (Lipinski definition) is 6. The minimum Gasteiger partial charge on any atom is -0.492 e. The van der Waals surface area contributed by atoms with Gasteiger partial charge in [-0.05, 0) is 31.2 Å². The fourth-order valence-electron chi connectivity index (χ4n) is 3.29. The maximum Gasteiger partial charge on any atom is 0.573 e. The molecule has 3 rings (SSSR count). The van der Waals surface area contributed by atoms with Crippen LogP contribution in [0.2, 0.25) is 5.02 Å². The van der Waals surface area contributed by atoms with E-state index >= 15 is 0 Å². The molecule has 1 heterocycles. The van der Waals surface area contributed by atoms with E-state index in [0.717, 1.165) is 6.07 Å². The van der Waals surface area contributed by atoms with Gasteiger partial charge in [0.15, 0.2) is 11.5 Å². The summed E-state index contributed by atoms with van der Waals surface area (Å²) < 4.78 is 58.8. The van der Waals surface area contributed by atoms with Crippen molar-refractivity contribution >= 4 is 29.2 Å². The Morgan fingerprint density at radius 3 is 2.62 bits per heavy atom. The number of ether oxygens (including phenoxy) is 4. The Balaban J connectivity index is 2.11. The van der Waals surface area contributed by atoms with Crippen molar-refractivity contribution in [3.8, 4) is 11.5 Å². The predicted octanol–water partition coefficient (Wildman–Crippen LogP) is 4.63. The molecule has 0 saturated heterocycles. The summed E-state index contributed by atoms with van der Waals surface area (Å²) >= 11 is 6.13. The van der Waals surface area contributed by atoms with E-state index in [4.69, 9.17) is 25.8 Å². The molecule has 1 aliphatic rings. The molecular formula is C21H19ClF3NO6. The van der Waals surface area contributed by atoms with Crippen LogP contribution in [0.25, 0.3) is 0 Å². The fourth-order valence-corrected chi connectivity index (χ4v) is 3.47. The molecule has 172 valence electrons. The zero-order valence-electron chi connectivity index (χ0n) is 17.0. The molecule has 1 N–H and O–H groups in total. The second-order valence-corrected chi connectivity index (χ2v) is 7.10. The standard InChI is InChI=1S/C21H19ClF3NO6/c1-3-30-17(27)10-16-20(28)26-14-8-7-11(22)9-13(14)18(31-16)12-5-4-6-15(19(12)29-2)32-21(23,24)25/h4-9,16,18H,3,10H2,1-2H3,(H,26,28)/t16-,18-/m0/s1. The van der Waals surface area contributed by atoms with Crippen molar-refractivity contribution in [3.63, 3.8) is 0 Å². The van der Waals surface area contributed by atoms with E-state index in [1.807, 2.05) is 0 Å². The van der Waals surface area contributed by atoms with Crippen LogP contribution in [-0.4, -0.2) is 38.1 Å². The Labute approximate surface area is 186 Å². The predicted molar refractivity (Wildman–Crippen MR) is 108 cm³/mol. The molecule has 0 unspecified atom stereocenters. The van der Waals surface area contributed by atoms with Crippen LogP contribution in [-0.2, 0) is 19.1 Å². The average Bonchev–Trinajstić information content (AvgIpc) is 2.83. The Bertz CT molecular complexity index is 1010. The lowest BCUT2D eigenvalue weighted by Gasteiger charge is -2.24. The third kappa shape index (κ3) is 5.43. The first kappa shape index (κ1) is 23.7. The molecule has 0 fully saturated rings. The fraction of sp³-hybridized carbons (Fsp3) is 0.333. The van der Waals surface area contributed by atoms with Gasteiger partial charge in [-0.3, -0.25) is 9.59 Å². The molecule has 1 amide bonds. The number of carbonyl (C=O) groups is 2. The molecule has 0 radical (unpaired) electrons. The highest BCUT2D eigenvalue weighted by Crippen LogP contribution is 2.44. The summed E-state index contributed by atoms with van der Waals surface area (Å²) in [6.45, 7) is 1.72. The SMILES string of the molecule is CCOC(=O)C[C@@H]1O[C@@H](c2cccc(OC(F)(F)F)c2OC)c2cc(Cl)ccc2NC1=O. The molecule has 0 spiro atoms. The van der Waals surface area contributed by atoms with Gasteiger partial charge in [-0.25, -0.2) is 0 Å². The number of methoxy groups -OCH3 is 1. The van der Waals surface area contributed by atoms with Gasteiger partial charge in [-0.1, -0.05) is 23.7 Å². The summed E-state index contributed by atoms with van der Waals surface area (Å²) in [5.74, 6) is -2.12. The van der Waals surface area contributed by atoms with Gasteiger partial charge >= 0.3 is 12.3 Å². The van der Waals surface area contributed by atoms with Gasteiger partial charge in [0.1, 0.15) is 12.2 Å². The molecule has 1 aliphatic heterocycles. The van der Waals surface area contributed by atoms with Crippen LogP contribution in [0.15, 0.2) is 36.4 Å². The van der Waals surface area contributed by atoms with Gasteiger partial charge < -0.3 is 24.3 Å². The number of nitrogens with one attached hydrogen (secondary N) is 1. The van der Waals surface area contributed by atoms with Crippen LogP contribution in [0.1, 0.15) is 30.6 Å². The largest absolute Gasteiger partial charge is 0.573 e. The molecule has 11 heteroatoms. The lowest BCUT2D eigenvalue weighted by atomic mass is 9.98. The van der Waals surface area contributed by atoms with Crippen LogP contribution in [0, 0.1) is 0 Å². The molecule has 0 saturated carbocycles. The highest BCUT2D eigenvalue weighted by Gasteiger charge is 2.37. The van der Waals surface area contributed by atoms with E-state index in [1.54, 1.807) is 6.92 Å². The number of carbonyl (C=O) groups excluding carboxylic acids is 2. The molecule has 0 aliphatic carbocycles. The lowest BCUT2D eigenvalue weighted by Crippen LogP contribution is -2.32. The molecule has 7 nitrogen and oxygen atoms in total. The number of rotatable bonds is 6. The molecule has 2 aromatic rings. The first-order valence-electron chi connectivity index (χ1n) is 9.47. The number of hydrogen-bond donors (Lipinski definition) is 1. The van der Waals surface area contributed by atoms with Crippen molar-refractivity contribution in [1.82, 2.24) is 0 Å². The lowest BCUT2D eigenvalue weighted by molar-refractivity contribution is -0.275. The van der Waals surface area contributed by atoms with Crippen molar-refractivity contribution in [2.75, 3.05) is 19.0 Å². The van der Waals surface area contributed by atoms with E-state index < -0.39 is 42.6 Å². The van der Waals surface area contributed by atoms with E-state index in [0.29, 0.717) is 16.3 Å². The summed E-state index contributed by atoms with van der Waals surface area (Å²) in [6.07, 6.45) is -7.77. The summed E-state index contributed by atoms with van der Waals surface area (Å²) in [6, 6.07) is 8.45. The van der Waals surface area contributed by atoms with Gasteiger partial charge in [0.25, 0.3) is 5.91 Å². The highest BCUT2D eigenvalue weighted by atomic mass is 35.5. The van der Waals surface area contributed by atoms with E-state index in [1.165, 1.54) is 37.4 Å². The van der Waals surface area contributed by atoms with E-state index in [-0.39, 0.29) is 17.9 Å². The second kappa shape index (κ2) is 9.66. The number of anilines is 1. The first-order valence-corrected chi connectivity index (χ1v) is 9.84. The number of benzene rings is 2. The number of fused-ring (bicyclic) bond motifs is 1. The third-order valence-corrected chi connectivity index (χ3v) is 4.76.